The average Bonchev–Trinajstić information content (AvgIpc) is 2.72. The van der Waals surface area contributed by atoms with Crippen molar-refractivity contribution in [2.24, 2.45) is 0 Å². The molecule has 0 spiro atoms. The van der Waals surface area contributed by atoms with Crippen LogP contribution in [0, 0.1) is 5.82 Å². The van der Waals surface area contributed by atoms with Crippen molar-refractivity contribution in [3.05, 3.63) is 56.5 Å². The van der Waals surface area contributed by atoms with Crippen LogP contribution in [-0.2, 0) is 13.0 Å². The van der Waals surface area contributed by atoms with Gasteiger partial charge in [0, 0.05) is 11.3 Å². The van der Waals surface area contributed by atoms with Crippen molar-refractivity contribution in [3.8, 4) is 0 Å². The van der Waals surface area contributed by atoms with Gasteiger partial charge in [-0.2, -0.15) is 0 Å². The van der Waals surface area contributed by atoms with E-state index in [4.69, 9.17) is 16.7 Å². The minimum absolute atomic E-state index is 0.00478. The molecule has 0 atom stereocenters. The topological polar surface area (TPSA) is 20.2 Å². The van der Waals surface area contributed by atoms with E-state index < -0.39 is 0 Å². The van der Waals surface area contributed by atoms with E-state index in [0.717, 1.165) is 10.4 Å². The van der Waals surface area contributed by atoms with E-state index >= 15 is 0 Å². The van der Waals surface area contributed by atoms with Crippen molar-refractivity contribution in [1.29, 1.82) is 0 Å². The van der Waals surface area contributed by atoms with Crippen molar-refractivity contribution < 1.29 is 9.50 Å². The molecule has 0 amide bonds. The van der Waals surface area contributed by atoms with Gasteiger partial charge in [-0.25, -0.2) is 4.39 Å². The zero-order chi connectivity index (χ0) is 11.5. The Morgan fingerprint density at radius 3 is 2.81 bits per heavy atom. The third-order valence-corrected chi connectivity index (χ3v) is 3.63. The molecular weight excluding hydrogens is 247 g/mol. The maximum atomic E-state index is 13.6. The van der Waals surface area contributed by atoms with Crippen LogP contribution in [0.5, 0.6) is 0 Å². The molecule has 84 valence electrons. The predicted octanol–water partition coefficient (Wildman–Crippen LogP) is 3.62. The largest absolute Gasteiger partial charge is 0.391 e. The van der Waals surface area contributed by atoms with Gasteiger partial charge in [-0.15, -0.1) is 11.3 Å². The molecule has 0 fully saturated rings. The summed E-state index contributed by atoms with van der Waals surface area (Å²) in [5, 5.41) is 11.1. The third-order valence-electron chi connectivity index (χ3n) is 2.39. The van der Waals surface area contributed by atoms with Crippen LogP contribution in [0.2, 0.25) is 5.02 Å². The van der Waals surface area contributed by atoms with Gasteiger partial charge in [0.05, 0.1) is 11.6 Å². The molecule has 1 aromatic heterocycles. The molecule has 1 nitrogen and oxygen atoms in total. The van der Waals surface area contributed by atoms with E-state index in [2.05, 4.69) is 0 Å². The highest BCUT2D eigenvalue weighted by Gasteiger charge is 2.09. The van der Waals surface area contributed by atoms with Crippen molar-refractivity contribution in [2.45, 2.75) is 13.0 Å². The zero-order valence-electron chi connectivity index (χ0n) is 8.41. The van der Waals surface area contributed by atoms with E-state index in [1.54, 1.807) is 12.1 Å². The molecule has 4 heteroatoms. The van der Waals surface area contributed by atoms with Gasteiger partial charge in [0.25, 0.3) is 0 Å². The number of thiophene rings is 1. The molecule has 0 aliphatic rings. The fourth-order valence-corrected chi connectivity index (χ4v) is 2.51. The van der Waals surface area contributed by atoms with E-state index in [-0.39, 0.29) is 17.4 Å². The van der Waals surface area contributed by atoms with Gasteiger partial charge in [0.2, 0.25) is 0 Å². The maximum absolute atomic E-state index is 13.6. The first-order valence-corrected chi connectivity index (χ1v) is 6.07. The standard InChI is InChI=1S/C12H10ClFOS/c13-10-3-1-2-9(12(10)14)6-8-4-5-16-11(8)7-15/h1-5,15H,6-7H2. The van der Waals surface area contributed by atoms with Gasteiger partial charge in [-0.3, -0.25) is 0 Å². The number of hydrogen-bond donors (Lipinski definition) is 1. The predicted molar refractivity (Wildman–Crippen MR) is 64.5 cm³/mol. The highest BCUT2D eigenvalue weighted by Crippen LogP contribution is 2.24. The summed E-state index contributed by atoms with van der Waals surface area (Å²) in [6, 6.07) is 6.86. The number of aliphatic hydroxyl groups excluding tert-OH is 1. The van der Waals surface area contributed by atoms with Gasteiger partial charge < -0.3 is 5.11 Å². The number of aliphatic hydroxyl groups is 1. The molecule has 1 heterocycles. The first-order valence-electron chi connectivity index (χ1n) is 4.81. The van der Waals surface area contributed by atoms with Crippen molar-refractivity contribution in [2.75, 3.05) is 0 Å². The van der Waals surface area contributed by atoms with Crippen molar-refractivity contribution in [3.63, 3.8) is 0 Å². The fourth-order valence-electron chi connectivity index (χ4n) is 1.55. The molecule has 1 aromatic carbocycles. The lowest BCUT2D eigenvalue weighted by atomic mass is 10.1. The molecule has 0 saturated carbocycles. The molecule has 2 rings (SSSR count). The second kappa shape index (κ2) is 4.95. The third kappa shape index (κ3) is 2.26. The Morgan fingerprint density at radius 2 is 2.06 bits per heavy atom. The normalized spacial score (nSPS) is 10.7. The van der Waals surface area contributed by atoms with Gasteiger partial charge in [-0.05, 0) is 28.6 Å². The second-order valence-electron chi connectivity index (χ2n) is 3.42. The van der Waals surface area contributed by atoms with Crippen molar-refractivity contribution >= 4 is 22.9 Å². The number of halogens is 2. The maximum Gasteiger partial charge on any atom is 0.145 e. The number of benzene rings is 1. The van der Waals surface area contributed by atoms with Gasteiger partial charge in [0.1, 0.15) is 5.82 Å². The summed E-state index contributed by atoms with van der Waals surface area (Å²) in [7, 11) is 0. The second-order valence-corrected chi connectivity index (χ2v) is 4.82. The summed E-state index contributed by atoms with van der Waals surface area (Å²) in [6.45, 7) is -0.00478. The summed E-state index contributed by atoms with van der Waals surface area (Å²) in [5.74, 6) is -0.376. The average molecular weight is 257 g/mol. The molecule has 0 saturated heterocycles. The molecule has 0 bridgehead atoms. The van der Waals surface area contributed by atoms with E-state index in [1.165, 1.54) is 17.4 Å². The fraction of sp³-hybridized carbons (Fsp3) is 0.167. The van der Waals surface area contributed by atoms with E-state index in [1.807, 2.05) is 11.4 Å². The minimum atomic E-state index is -0.376. The van der Waals surface area contributed by atoms with Crippen LogP contribution in [0.15, 0.2) is 29.6 Å². The Bertz CT molecular complexity index is 496. The Morgan fingerprint density at radius 1 is 1.25 bits per heavy atom. The highest BCUT2D eigenvalue weighted by molar-refractivity contribution is 7.10. The molecule has 0 aliphatic carbocycles. The van der Waals surface area contributed by atoms with Crippen LogP contribution in [0.4, 0.5) is 4.39 Å². The molecular formula is C12H10ClFOS. The van der Waals surface area contributed by atoms with Gasteiger partial charge >= 0.3 is 0 Å². The van der Waals surface area contributed by atoms with Crippen LogP contribution in [-0.4, -0.2) is 5.11 Å². The van der Waals surface area contributed by atoms with Crippen LogP contribution >= 0.6 is 22.9 Å². The van der Waals surface area contributed by atoms with Gasteiger partial charge in [0.15, 0.2) is 0 Å². The summed E-state index contributed by atoms with van der Waals surface area (Å²) in [4.78, 5) is 0.874. The summed E-state index contributed by atoms with van der Waals surface area (Å²) in [5.41, 5.74) is 1.51. The zero-order valence-corrected chi connectivity index (χ0v) is 9.98. The van der Waals surface area contributed by atoms with Crippen LogP contribution in [0.1, 0.15) is 16.0 Å². The first kappa shape index (κ1) is 11.6. The molecule has 16 heavy (non-hydrogen) atoms. The monoisotopic (exact) mass is 256 g/mol. The van der Waals surface area contributed by atoms with Gasteiger partial charge in [-0.1, -0.05) is 23.7 Å². The van der Waals surface area contributed by atoms with E-state index in [0.29, 0.717) is 12.0 Å². The lowest BCUT2D eigenvalue weighted by molar-refractivity contribution is 0.284. The Balaban J connectivity index is 2.30. The molecule has 0 unspecified atom stereocenters. The highest BCUT2D eigenvalue weighted by atomic mass is 35.5. The van der Waals surface area contributed by atoms with E-state index in [9.17, 15) is 4.39 Å². The lowest BCUT2D eigenvalue weighted by Crippen LogP contribution is -1.94. The Kier molecular flexibility index (Phi) is 3.59. The van der Waals surface area contributed by atoms with Crippen LogP contribution in [0.25, 0.3) is 0 Å². The van der Waals surface area contributed by atoms with Crippen molar-refractivity contribution in [1.82, 2.24) is 0 Å². The molecule has 1 N–H and O–H groups in total. The quantitative estimate of drug-likeness (QED) is 0.889. The first-order chi connectivity index (χ1) is 7.72. The molecule has 2 aromatic rings. The summed E-state index contributed by atoms with van der Waals surface area (Å²) < 4.78 is 13.6. The number of rotatable bonds is 3. The van der Waals surface area contributed by atoms with Crippen LogP contribution < -0.4 is 0 Å². The Hall–Kier alpha value is -0.900. The molecule has 0 radical (unpaired) electrons. The summed E-state index contributed by atoms with van der Waals surface area (Å²) >= 11 is 7.18. The minimum Gasteiger partial charge on any atom is -0.391 e. The SMILES string of the molecule is OCc1sccc1Cc1cccc(Cl)c1F. The number of hydrogen-bond acceptors (Lipinski definition) is 2. The smallest absolute Gasteiger partial charge is 0.145 e. The molecule has 0 aliphatic heterocycles. The lowest BCUT2D eigenvalue weighted by Gasteiger charge is -2.04. The summed E-state index contributed by atoms with van der Waals surface area (Å²) in [6.07, 6.45) is 0.464. The Labute approximate surface area is 102 Å². The van der Waals surface area contributed by atoms with Crippen LogP contribution in [0.3, 0.4) is 0 Å².